The Balaban J connectivity index is 1.97. The second kappa shape index (κ2) is 15.5. The van der Waals surface area contributed by atoms with Gasteiger partial charge in [0.05, 0.1) is 11.1 Å². The first-order valence-corrected chi connectivity index (χ1v) is 14.0. The number of cyclic esters (lactones) is 2. The third-order valence-corrected chi connectivity index (χ3v) is 7.08. The van der Waals surface area contributed by atoms with Gasteiger partial charge in [-0.25, -0.2) is 9.59 Å². The average molecular weight is 505 g/mol. The topological polar surface area (TPSA) is 43.4 Å². The molecule has 0 amide bonds. The molecule has 0 aromatic heterocycles. The highest BCUT2D eigenvalue weighted by Crippen LogP contribution is 2.38. The van der Waals surface area contributed by atoms with Crippen molar-refractivity contribution < 1.29 is 14.3 Å². The molecule has 1 unspecified atom stereocenters. The van der Waals surface area contributed by atoms with E-state index in [2.05, 4.69) is 84.9 Å². The third-order valence-electron chi connectivity index (χ3n) is 7.08. The van der Waals surface area contributed by atoms with Crippen molar-refractivity contribution >= 4 is 11.9 Å². The molecule has 37 heavy (non-hydrogen) atoms. The van der Waals surface area contributed by atoms with Crippen molar-refractivity contribution in [3.05, 3.63) is 81.0 Å². The molecule has 0 bridgehead atoms. The maximum Gasteiger partial charge on any atom is 0.343 e. The zero-order chi connectivity index (χ0) is 27.4. The van der Waals surface area contributed by atoms with Crippen LogP contribution in [0.5, 0.6) is 0 Å². The van der Waals surface area contributed by atoms with E-state index < -0.39 is 11.9 Å². The van der Waals surface area contributed by atoms with E-state index in [1.165, 1.54) is 33.4 Å². The Morgan fingerprint density at radius 1 is 0.730 bits per heavy atom. The van der Waals surface area contributed by atoms with Crippen LogP contribution in [0.3, 0.4) is 0 Å². The first kappa shape index (κ1) is 30.5. The lowest BCUT2D eigenvalue weighted by molar-refractivity contribution is -0.151. The highest BCUT2D eigenvalue weighted by molar-refractivity contribution is 6.13. The van der Waals surface area contributed by atoms with Crippen LogP contribution in [-0.4, -0.2) is 11.9 Å². The van der Waals surface area contributed by atoms with Crippen molar-refractivity contribution in [1.29, 1.82) is 0 Å². The summed E-state index contributed by atoms with van der Waals surface area (Å²) in [4.78, 5) is 24.8. The lowest BCUT2D eigenvalue weighted by Crippen LogP contribution is -2.13. The van der Waals surface area contributed by atoms with Crippen molar-refractivity contribution in [3.63, 3.8) is 0 Å². The monoisotopic (exact) mass is 504 g/mol. The van der Waals surface area contributed by atoms with Gasteiger partial charge in [-0.3, -0.25) is 0 Å². The third kappa shape index (κ3) is 11.1. The molecule has 0 radical (unpaired) electrons. The van der Waals surface area contributed by atoms with Crippen LogP contribution in [0.2, 0.25) is 0 Å². The number of carbonyl (C=O) groups is 2. The van der Waals surface area contributed by atoms with Gasteiger partial charge in [-0.2, -0.15) is 0 Å². The van der Waals surface area contributed by atoms with Crippen LogP contribution >= 0.6 is 0 Å². The Morgan fingerprint density at radius 3 is 1.81 bits per heavy atom. The molecule has 3 heteroatoms. The van der Waals surface area contributed by atoms with E-state index in [0.717, 1.165) is 57.8 Å². The highest BCUT2D eigenvalue weighted by Gasteiger charge is 2.39. The Hall–Kier alpha value is -2.68. The number of rotatable bonds is 14. The van der Waals surface area contributed by atoms with Gasteiger partial charge in [0.1, 0.15) is 0 Å². The Bertz CT molecular complexity index is 1040. The van der Waals surface area contributed by atoms with Crippen LogP contribution < -0.4 is 0 Å². The van der Waals surface area contributed by atoms with Gasteiger partial charge in [0.2, 0.25) is 0 Å². The summed E-state index contributed by atoms with van der Waals surface area (Å²) in [5.74, 6) is -0.966. The first-order valence-electron chi connectivity index (χ1n) is 14.0. The summed E-state index contributed by atoms with van der Waals surface area (Å²) in [6, 6.07) is 0. The van der Waals surface area contributed by atoms with Gasteiger partial charge in [-0.1, -0.05) is 69.9 Å². The molecule has 0 aromatic carbocycles. The van der Waals surface area contributed by atoms with Gasteiger partial charge >= 0.3 is 11.9 Å². The molecule has 0 saturated heterocycles. The van der Waals surface area contributed by atoms with Gasteiger partial charge in [-0.15, -0.1) is 0 Å². The molecule has 1 atom stereocenters. The lowest BCUT2D eigenvalue weighted by atomic mass is 9.81. The molecule has 3 nitrogen and oxygen atoms in total. The van der Waals surface area contributed by atoms with Gasteiger partial charge in [0.15, 0.2) is 0 Å². The van der Waals surface area contributed by atoms with Crippen molar-refractivity contribution in [3.8, 4) is 0 Å². The summed E-state index contributed by atoms with van der Waals surface area (Å²) in [7, 11) is 0. The fraction of sp³-hybridized carbons (Fsp3) is 0.529. The number of ether oxygens (including phenoxy) is 1. The number of hydrogen-bond acceptors (Lipinski definition) is 3. The molecule has 2 aliphatic rings. The maximum atomic E-state index is 12.4. The highest BCUT2D eigenvalue weighted by atomic mass is 16.6. The van der Waals surface area contributed by atoms with Crippen LogP contribution in [0, 0.1) is 5.92 Å². The minimum Gasteiger partial charge on any atom is -0.386 e. The number of carbonyl (C=O) groups excluding carboxylic acids is 2. The maximum absolute atomic E-state index is 12.4. The molecule has 0 fully saturated rings. The number of esters is 2. The van der Waals surface area contributed by atoms with E-state index in [9.17, 15) is 9.59 Å². The fourth-order valence-corrected chi connectivity index (χ4v) is 4.85. The number of hydrogen-bond donors (Lipinski definition) is 0. The molecule has 0 spiro atoms. The summed E-state index contributed by atoms with van der Waals surface area (Å²) in [5.41, 5.74) is 9.31. The summed E-state index contributed by atoms with van der Waals surface area (Å²) in [6.07, 6.45) is 23.3. The molecule has 202 valence electrons. The fourth-order valence-electron chi connectivity index (χ4n) is 4.85. The van der Waals surface area contributed by atoms with E-state index >= 15 is 0 Å². The second-order valence-electron chi connectivity index (χ2n) is 11.3. The standard InChI is InChI=1S/C34H48O3/c1-24(2)12-8-14-26(5)16-10-17-28(7)20-21-30-22-29(23-31-32(30)34(36)37-33(31)35)19-11-18-27(6)15-9-13-25(3)4/h12-13,16,18,20,22,30H,8-11,14-15,17,19,21,23H2,1-7H3. The van der Waals surface area contributed by atoms with E-state index in [-0.39, 0.29) is 5.92 Å². The zero-order valence-corrected chi connectivity index (χ0v) is 24.3. The molecule has 1 heterocycles. The van der Waals surface area contributed by atoms with Crippen molar-refractivity contribution in [2.24, 2.45) is 5.92 Å². The molecule has 0 N–H and O–H groups in total. The zero-order valence-electron chi connectivity index (χ0n) is 24.3. The molecule has 0 saturated carbocycles. The van der Waals surface area contributed by atoms with Crippen molar-refractivity contribution in [2.45, 2.75) is 113 Å². The van der Waals surface area contributed by atoms with Crippen LogP contribution in [0.1, 0.15) is 113 Å². The summed E-state index contributed by atoms with van der Waals surface area (Å²) < 4.78 is 5.00. The molecular formula is C34H48O3. The summed E-state index contributed by atoms with van der Waals surface area (Å²) in [5, 5.41) is 0. The van der Waals surface area contributed by atoms with Crippen LogP contribution in [0.4, 0.5) is 0 Å². The van der Waals surface area contributed by atoms with Crippen LogP contribution in [0.25, 0.3) is 0 Å². The van der Waals surface area contributed by atoms with Crippen LogP contribution in [0.15, 0.2) is 81.0 Å². The minimum atomic E-state index is -0.448. The lowest BCUT2D eigenvalue weighted by Gasteiger charge is -2.20. The molecular weight excluding hydrogens is 456 g/mol. The predicted octanol–water partition coefficient (Wildman–Crippen LogP) is 9.59. The molecule has 0 aromatic rings. The number of allylic oxidation sites excluding steroid dienone is 12. The Kier molecular flexibility index (Phi) is 12.8. The van der Waals surface area contributed by atoms with E-state index in [1.54, 1.807) is 0 Å². The van der Waals surface area contributed by atoms with E-state index in [1.807, 2.05) is 0 Å². The molecule has 1 aliphatic heterocycles. The van der Waals surface area contributed by atoms with Crippen molar-refractivity contribution in [1.82, 2.24) is 0 Å². The van der Waals surface area contributed by atoms with Gasteiger partial charge in [0.25, 0.3) is 0 Å². The first-order chi connectivity index (χ1) is 17.6. The largest absolute Gasteiger partial charge is 0.386 e. The van der Waals surface area contributed by atoms with Gasteiger partial charge in [-0.05, 0) is 106 Å². The summed E-state index contributed by atoms with van der Waals surface area (Å²) in [6.45, 7) is 15.1. The SMILES string of the molecule is CC(C)=CCCC(C)=CCCC(C)=CCC1C=C(CCC=C(C)CCC=C(C)C)CC2=C1C(=O)OC2=O. The van der Waals surface area contributed by atoms with Crippen LogP contribution in [-0.2, 0) is 14.3 Å². The van der Waals surface area contributed by atoms with Crippen molar-refractivity contribution in [2.75, 3.05) is 0 Å². The average Bonchev–Trinajstić information content (AvgIpc) is 3.10. The molecule has 1 aliphatic carbocycles. The van der Waals surface area contributed by atoms with E-state index in [4.69, 9.17) is 4.74 Å². The Morgan fingerprint density at radius 2 is 1.24 bits per heavy atom. The summed E-state index contributed by atoms with van der Waals surface area (Å²) >= 11 is 0. The normalized spacial score (nSPS) is 18.5. The second-order valence-corrected chi connectivity index (χ2v) is 11.3. The van der Waals surface area contributed by atoms with Gasteiger partial charge < -0.3 is 4.74 Å². The smallest absolute Gasteiger partial charge is 0.343 e. The predicted molar refractivity (Wildman–Crippen MR) is 156 cm³/mol. The quantitative estimate of drug-likeness (QED) is 0.134. The van der Waals surface area contributed by atoms with Gasteiger partial charge in [0, 0.05) is 12.3 Å². The van der Waals surface area contributed by atoms with E-state index in [0.29, 0.717) is 17.6 Å². The minimum absolute atomic E-state index is 0.0725. The molecule has 2 rings (SSSR count). The Labute approximate surface area is 225 Å².